The molecule has 2 heterocycles. The van der Waals surface area contributed by atoms with E-state index in [-0.39, 0.29) is 18.4 Å². The number of amides is 1. The predicted molar refractivity (Wildman–Crippen MR) is 78.4 cm³/mol. The molecule has 2 aromatic heterocycles. The molecule has 0 radical (unpaired) electrons. The molecule has 0 aliphatic rings. The Labute approximate surface area is 115 Å². The molecule has 0 fully saturated rings. The number of aromatic nitrogens is 2. The summed E-state index contributed by atoms with van der Waals surface area (Å²) in [6.45, 7) is 4.76. The van der Waals surface area contributed by atoms with E-state index in [1.54, 1.807) is 11.3 Å². The molecular weight excluding hydrogens is 262 g/mol. The van der Waals surface area contributed by atoms with E-state index in [1.165, 1.54) is 4.88 Å². The number of fused-ring (bicyclic) bond motifs is 1. The number of hydrogen-bond acceptors (Lipinski definition) is 6. The van der Waals surface area contributed by atoms with Crippen LogP contribution in [0.4, 0.5) is 11.8 Å². The average molecular weight is 279 g/mol. The van der Waals surface area contributed by atoms with Crippen molar-refractivity contribution < 1.29 is 4.79 Å². The van der Waals surface area contributed by atoms with Crippen molar-refractivity contribution in [2.45, 2.75) is 20.3 Å². The minimum absolute atomic E-state index is 0.0706. The summed E-state index contributed by atoms with van der Waals surface area (Å²) < 4.78 is 0. The van der Waals surface area contributed by atoms with Crippen molar-refractivity contribution in [2.24, 2.45) is 0 Å². The maximum atomic E-state index is 11.5. The lowest BCUT2D eigenvalue weighted by Crippen LogP contribution is -2.29. The largest absolute Gasteiger partial charge is 0.368 e. The number of nitrogens with one attached hydrogen (secondary N) is 2. The summed E-state index contributed by atoms with van der Waals surface area (Å²) in [5, 5.41) is 6.65. The molecule has 102 valence electrons. The predicted octanol–water partition coefficient (Wildman–Crippen LogP) is 1.38. The van der Waals surface area contributed by atoms with Gasteiger partial charge in [0.15, 0.2) is 0 Å². The van der Waals surface area contributed by atoms with Crippen LogP contribution in [0.15, 0.2) is 6.07 Å². The lowest BCUT2D eigenvalue weighted by Gasteiger charge is -2.07. The Balaban J connectivity index is 2.25. The van der Waals surface area contributed by atoms with Gasteiger partial charge in [0.2, 0.25) is 11.9 Å². The summed E-state index contributed by atoms with van der Waals surface area (Å²) in [6.07, 6.45) is 0.941. The van der Waals surface area contributed by atoms with Gasteiger partial charge in [0.25, 0.3) is 0 Å². The summed E-state index contributed by atoms with van der Waals surface area (Å²) in [4.78, 5) is 21.9. The summed E-state index contributed by atoms with van der Waals surface area (Å²) in [7, 11) is 0. The van der Waals surface area contributed by atoms with Crippen molar-refractivity contribution in [2.75, 3.05) is 24.1 Å². The number of aryl methyl sites for hydroxylation is 1. The van der Waals surface area contributed by atoms with Crippen molar-refractivity contribution in [3.05, 3.63) is 10.9 Å². The molecule has 6 nitrogen and oxygen atoms in total. The monoisotopic (exact) mass is 279 g/mol. The van der Waals surface area contributed by atoms with Gasteiger partial charge >= 0.3 is 0 Å². The number of rotatable bonds is 5. The summed E-state index contributed by atoms with van der Waals surface area (Å²) in [6, 6.07) is 2.04. The van der Waals surface area contributed by atoms with Crippen LogP contribution < -0.4 is 16.4 Å². The Morgan fingerprint density at radius 2 is 2.21 bits per heavy atom. The van der Waals surface area contributed by atoms with Gasteiger partial charge in [-0.05, 0) is 19.4 Å². The minimum Gasteiger partial charge on any atom is -0.368 e. The first-order valence-electron chi connectivity index (χ1n) is 6.20. The molecular formula is C12H17N5OS. The number of anilines is 2. The van der Waals surface area contributed by atoms with E-state index < -0.39 is 0 Å². The minimum atomic E-state index is -0.0706. The van der Waals surface area contributed by atoms with Crippen LogP contribution in [0.3, 0.4) is 0 Å². The highest BCUT2D eigenvalue weighted by molar-refractivity contribution is 7.18. The van der Waals surface area contributed by atoms with E-state index in [0.29, 0.717) is 12.4 Å². The third-order valence-corrected chi connectivity index (χ3v) is 3.77. The summed E-state index contributed by atoms with van der Waals surface area (Å²) >= 11 is 1.60. The van der Waals surface area contributed by atoms with Crippen molar-refractivity contribution in [3.8, 4) is 0 Å². The van der Waals surface area contributed by atoms with Crippen molar-refractivity contribution in [1.29, 1.82) is 0 Å². The molecule has 2 aromatic rings. The zero-order valence-electron chi connectivity index (χ0n) is 11.0. The average Bonchev–Trinajstić information content (AvgIpc) is 2.79. The van der Waals surface area contributed by atoms with Crippen LogP contribution >= 0.6 is 11.3 Å². The molecule has 0 aromatic carbocycles. The molecule has 0 bridgehead atoms. The SMILES string of the molecule is CCNC(=O)CNc1nc(N)nc2sc(CC)cc12. The van der Waals surface area contributed by atoms with E-state index >= 15 is 0 Å². The highest BCUT2D eigenvalue weighted by Crippen LogP contribution is 2.29. The fraction of sp³-hybridized carbons (Fsp3) is 0.417. The molecule has 0 saturated heterocycles. The second-order valence-electron chi connectivity index (χ2n) is 4.02. The lowest BCUT2D eigenvalue weighted by atomic mass is 10.3. The number of hydrogen-bond donors (Lipinski definition) is 3. The topological polar surface area (TPSA) is 92.9 Å². The van der Waals surface area contributed by atoms with Crippen LogP contribution in [0, 0.1) is 0 Å². The van der Waals surface area contributed by atoms with E-state index in [9.17, 15) is 4.79 Å². The highest BCUT2D eigenvalue weighted by Gasteiger charge is 2.10. The third-order valence-electron chi connectivity index (χ3n) is 2.60. The molecule has 0 unspecified atom stereocenters. The van der Waals surface area contributed by atoms with E-state index in [1.807, 2.05) is 13.0 Å². The number of nitrogens with zero attached hydrogens (tertiary/aromatic N) is 2. The molecule has 1 amide bonds. The second kappa shape index (κ2) is 5.83. The number of likely N-dealkylation sites (N-methyl/N-ethyl adjacent to an activating group) is 1. The molecule has 19 heavy (non-hydrogen) atoms. The fourth-order valence-corrected chi connectivity index (χ4v) is 2.69. The van der Waals surface area contributed by atoms with Crippen LogP contribution in [0.25, 0.3) is 10.2 Å². The fourth-order valence-electron chi connectivity index (χ4n) is 1.72. The Hall–Kier alpha value is -1.89. The molecule has 4 N–H and O–H groups in total. The van der Waals surface area contributed by atoms with Crippen LogP contribution in [0.5, 0.6) is 0 Å². The first kappa shape index (κ1) is 13.5. The van der Waals surface area contributed by atoms with Crippen LogP contribution in [-0.4, -0.2) is 29.0 Å². The van der Waals surface area contributed by atoms with E-state index in [2.05, 4.69) is 27.5 Å². The van der Waals surface area contributed by atoms with Gasteiger partial charge in [-0.2, -0.15) is 4.98 Å². The Bertz CT molecular complexity index is 595. The lowest BCUT2D eigenvalue weighted by molar-refractivity contribution is -0.119. The number of carbonyl (C=O) groups is 1. The number of carbonyl (C=O) groups excluding carboxylic acids is 1. The Kier molecular flexibility index (Phi) is 4.16. The van der Waals surface area contributed by atoms with E-state index in [4.69, 9.17) is 5.73 Å². The number of nitrogens with two attached hydrogens (primary N) is 1. The third kappa shape index (κ3) is 3.11. The zero-order chi connectivity index (χ0) is 13.8. The molecule has 7 heteroatoms. The maximum absolute atomic E-state index is 11.5. The Morgan fingerprint density at radius 1 is 1.42 bits per heavy atom. The number of nitrogen functional groups attached to an aromatic ring is 1. The molecule has 0 saturated carbocycles. The van der Waals surface area contributed by atoms with Crippen molar-refractivity contribution in [1.82, 2.24) is 15.3 Å². The standard InChI is InChI=1S/C12H17N5OS/c1-3-7-5-8-10(15-6-9(18)14-4-2)16-12(13)17-11(8)19-7/h5H,3-4,6H2,1-2H3,(H,14,18)(H3,13,15,16,17). The molecule has 0 spiro atoms. The highest BCUT2D eigenvalue weighted by atomic mass is 32.1. The van der Waals surface area contributed by atoms with Gasteiger partial charge in [-0.25, -0.2) is 4.98 Å². The first-order chi connectivity index (χ1) is 9.13. The maximum Gasteiger partial charge on any atom is 0.239 e. The Morgan fingerprint density at radius 3 is 2.89 bits per heavy atom. The second-order valence-corrected chi connectivity index (χ2v) is 5.14. The molecule has 2 rings (SSSR count). The quantitative estimate of drug-likeness (QED) is 0.769. The van der Waals surface area contributed by atoms with Crippen molar-refractivity contribution >= 4 is 39.2 Å². The normalized spacial score (nSPS) is 10.6. The zero-order valence-corrected chi connectivity index (χ0v) is 11.8. The first-order valence-corrected chi connectivity index (χ1v) is 7.02. The molecule has 0 atom stereocenters. The molecule has 0 aliphatic carbocycles. The van der Waals surface area contributed by atoms with Gasteiger partial charge in [-0.15, -0.1) is 11.3 Å². The van der Waals surface area contributed by atoms with E-state index in [0.717, 1.165) is 16.6 Å². The van der Waals surface area contributed by atoms with Gasteiger partial charge in [0.1, 0.15) is 10.6 Å². The van der Waals surface area contributed by atoms with Crippen LogP contribution in [0.1, 0.15) is 18.7 Å². The van der Waals surface area contributed by atoms with Gasteiger partial charge in [-0.1, -0.05) is 6.92 Å². The van der Waals surface area contributed by atoms with Gasteiger partial charge in [0.05, 0.1) is 11.9 Å². The summed E-state index contributed by atoms with van der Waals surface area (Å²) in [5.41, 5.74) is 5.68. The van der Waals surface area contributed by atoms with Gasteiger partial charge in [-0.3, -0.25) is 4.79 Å². The number of thiophene rings is 1. The van der Waals surface area contributed by atoms with Gasteiger partial charge < -0.3 is 16.4 Å². The van der Waals surface area contributed by atoms with Crippen LogP contribution in [0.2, 0.25) is 0 Å². The van der Waals surface area contributed by atoms with Crippen LogP contribution in [-0.2, 0) is 11.2 Å². The molecule has 0 aliphatic heterocycles. The van der Waals surface area contributed by atoms with Gasteiger partial charge in [0, 0.05) is 11.4 Å². The summed E-state index contributed by atoms with van der Waals surface area (Å²) in [5.74, 6) is 0.763. The smallest absolute Gasteiger partial charge is 0.239 e. The van der Waals surface area contributed by atoms with Crippen molar-refractivity contribution in [3.63, 3.8) is 0 Å².